The van der Waals surface area contributed by atoms with E-state index in [-0.39, 0.29) is 0 Å². The lowest BCUT2D eigenvalue weighted by atomic mass is 10.2. The van der Waals surface area contributed by atoms with Crippen LogP contribution in [0.15, 0.2) is 22.7 Å². The molecule has 0 radical (unpaired) electrons. The first-order valence-corrected chi connectivity index (χ1v) is 6.81. The first kappa shape index (κ1) is 10.4. The zero-order chi connectivity index (χ0) is 9.97. The summed E-state index contributed by atoms with van der Waals surface area (Å²) in [7, 11) is 0. The minimum absolute atomic E-state index is 0.651. The van der Waals surface area contributed by atoms with Crippen LogP contribution in [0.4, 0.5) is 5.69 Å². The molecule has 0 bridgehead atoms. The van der Waals surface area contributed by atoms with Crippen molar-refractivity contribution in [2.75, 3.05) is 16.8 Å². The van der Waals surface area contributed by atoms with Crippen LogP contribution in [0.2, 0.25) is 0 Å². The molecule has 0 aromatic heterocycles. The monoisotopic (exact) mass is 271 g/mol. The number of nitrogens with one attached hydrogen (secondary N) is 1. The summed E-state index contributed by atoms with van der Waals surface area (Å²) in [6.07, 6.45) is 1.28. The maximum absolute atomic E-state index is 3.58. The van der Waals surface area contributed by atoms with Gasteiger partial charge in [0.1, 0.15) is 0 Å². The van der Waals surface area contributed by atoms with Gasteiger partial charge in [-0.2, -0.15) is 11.8 Å². The Morgan fingerprint density at radius 3 is 3.07 bits per heavy atom. The quantitative estimate of drug-likeness (QED) is 0.881. The summed E-state index contributed by atoms with van der Waals surface area (Å²) < 4.78 is 1.17. The van der Waals surface area contributed by atoms with E-state index in [0.717, 1.165) is 0 Å². The number of anilines is 1. The zero-order valence-corrected chi connectivity index (χ0v) is 10.6. The largest absolute Gasteiger partial charge is 0.381 e. The van der Waals surface area contributed by atoms with Gasteiger partial charge in [0.25, 0.3) is 0 Å². The van der Waals surface area contributed by atoms with Gasteiger partial charge in [-0.1, -0.05) is 6.07 Å². The van der Waals surface area contributed by atoms with E-state index in [4.69, 9.17) is 0 Å². The highest BCUT2D eigenvalue weighted by Crippen LogP contribution is 2.27. The first-order valence-electron chi connectivity index (χ1n) is 4.86. The lowest BCUT2D eigenvalue weighted by Crippen LogP contribution is -2.18. The summed E-state index contributed by atoms with van der Waals surface area (Å²) in [6, 6.07) is 7.09. The Morgan fingerprint density at radius 2 is 2.36 bits per heavy atom. The molecule has 0 amide bonds. The number of thioether (sulfide) groups is 1. The van der Waals surface area contributed by atoms with Crippen molar-refractivity contribution in [3.63, 3.8) is 0 Å². The van der Waals surface area contributed by atoms with Crippen LogP contribution in [0.25, 0.3) is 0 Å². The van der Waals surface area contributed by atoms with Crippen LogP contribution in [-0.2, 0) is 0 Å². The average molecular weight is 272 g/mol. The Bertz CT molecular complexity index is 321. The molecule has 1 aliphatic heterocycles. The van der Waals surface area contributed by atoms with Crippen LogP contribution in [0.1, 0.15) is 12.0 Å². The van der Waals surface area contributed by atoms with Gasteiger partial charge in [0, 0.05) is 22.0 Å². The predicted molar refractivity (Wildman–Crippen MR) is 68.2 cm³/mol. The molecular weight excluding hydrogens is 258 g/mol. The summed E-state index contributed by atoms with van der Waals surface area (Å²) in [5, 5.41) is 3.58. The molecular formula is C11H14BrNS. The van der Waals surface area contributed by atoms with Gasteiger partial charge < -0.3 is 5.32 Å². The van der Waals surface area contributed by atoms with Crippen LogP contribution < -0.4 is 5.32 Å². The average Bonchev–Trinajstić information content (AvgIpc) is 2.64. The van der Waals surface area contributed by atoms with Gasteiger partial charge in [-0.05, 0) is 52.7 Å². The molecule has 3 heteroatoms. The van der Waals surface area contributed by atoms with Crippen molar-refractivity contribution in [3.05, 3.63) is 28.2 Å². The molecule has 0 spiro atoms. The molecule has 1 aromatic rings. The molecule has 0 saturated carbocycles. The molecule has 2 rings (SSSR count). The SMILES string of the molecule is Cc1ccc(Br)c(N[C@H]2CCSC2)c1. The maximum Gasteiger partial charge on any atom is 0.0489 e. The van der Waals surface area contributed by atoms with Gasteiger partial charge in [-0.3, -0.25) is 0 Å². The highest BCUT2D eigenvalue weighted by atomic mass is 79.9. The van der Waals surface area contributed by atoms with Crippen molar-refractivity contribution in [2.24, 2.45) is 0 Å². The topological polar surface area (TPSA) is 12.0 Å². The van der Waals surface area contributed by atoms with Crippen molar-refractivity contribution in [3.8, 4) is 0 Å². The molecule has 0 unspecified atom stereocenters. The summed E-state index contributed by atoms with van der Waals surface area (Å²) in [4.78, 5) is 0. The maximum atomic E-state index is 3.58. The van der Waals surface area contributed by atoms with Crippen LogP contribution >= 0.6 is 27.7 Å². The number of benzene rings is 1. The molecule has 1 atom stereocenters. The predicted octanol–water partition coefficient (Wildman–Crippen LogP) is 3.67. The normalized spacial score (nSPS) is 21.1. The van der Waals surface area contributed by atoms with Crippen LogP contribution in [0, 0.1) is 6.92 Å². The van der Waals surface area contributed by atoms with E-state index >= 15 is 0 Å². The van der Waals surface area contributed by atoms with Crippen molar-refractivity contribution >= 4 is 33.4 Å². The molecule has 1 fully saturated rings. The number of rotatable bonds is 2. The summed E-state index contributed by atoms with van der Waals surface area (Å²) in [6.45, 7) is 2.13. The third-order valence-electron chi connectivity index (χ3n) is 2.41. The highest BCUT2D eigenvalue weighted by Gasteiger charge is 2.15. The molecule has 76 valence electrons. The Morgan fingerprint density at radius 1 is 1.50 bits per heavy atom. The van der Waals surface area contributed by atoms with E-state index in [1.807, 2.05) is 11.8 Å². The number of aryl methyl sites for hydroxylation is 1. The van der Waals surface area contributed by atoms with E-state index in [9.17, 15) is 0 Å². The van der Waals surface area contributed by atoms with E-state index in [2.05, 4.69) is 46.4 Å². The minimum atomic E-state index is 0.651. The molecule has 1 N–H and O–H groups in total. The lowest BCUT2D eigenvalue weighted by molar-refractivity contribution is 0.812. The van der Waals surface area contributed by atoms with Crippen LogP contribution in [0.5, 0.6) is 0 Å². The Kier molecular flexibility index (Phi) is 3.39. The Hall–Kier alpha value is -0.150. The van der Waals surface area contributed by atoms with Gasteiger partial charge in [0.2, 0.25) is 0 Å². The van der Waals surface area contributed by atoms with E-state index in [1.54, 1.807) is 0 Å². The molecule has 1 aliphatic rings. The molecule has 1 saturated heterocycles. The van der Waals surface area contributed by atoms with Gasteiger partial charge in [-0.15, -0.1) is 0 Å². The summed E-state index contributed by atoms with van der Waals surface area (Å²) in [5.41, 5.74) is 2.54. The third-order valence-corrected chi connectivity index (χ3v) is 4.27. The molecule has 1 nitrogen and oxygen atoms in total. The molecule has 1 aromatic carbocycles. The van der Waals surface area contributed by atoms with Gasteiger partial charge in [-0.25, -0.2) is 0 Å². The van der Waals surface area contributed by atoms with E-state index in [1.165, 1.54) is 33.7 Å². The highest BCUT2D eigenvalue weighted by molar-refractivity contribution is 9.10. The number of hydrogen-bond donors (Lipinski definition) is 1. The summed E-state index contributed by atoms with van der Waals surface area (Å²) in [5.74, 6) is 2.53. The van der Waals surface area contributed by atoms with Gasteiger partial charge >= 0.3 is 0 Å². The fourth-order valence-corrected chi connectivity index (χ4v) is 3.13. The van der Waals surface area contributed by atoms with Crippen LogP contribution in [-0.4, -0.2) is 17.5 Å². The smallest absolute Gasteiger partial charge is 0.0489 e. The van der Waals surface area contributed by atoms with E-state index < -0.39 is 0 Å². The second-order valence-electron chi connectivity index (χ2n) is 3.69. The van der Waals surface area contributed by atoms with Crippen molar-refractivity contribution in [2.45, 2.75) is 19.4 Å². The fourth-order valence-electron chi connectivity index (χ4n) is 1.62. The van der Waals surface area contributed by atoms with E-state index in [0.29, 0.717) is 6.04 Å². The molecule has 1 heterocycles. The lowest BCUT2D eigenvalue weighted by Gasteiger charge is -2.14. The Balaban J connectivity index is 2.10. The number of halogens is 1. The molecule has 0 aliphatic carbocycles. The second-order valence-corrected chi connectivity index (χ2v) is 5.69. The fraction of sp³-hybridized carbons (Fsp3) is 0.455. The Labute approximate surface area is 97.8 Å². The van der Waals surface area contributed by atoms with Crippen LogP contribution in [0.3, 0.4) is 0 Å². The second kappa shape index (κ2) is 4.58. The molecule has 14 heavy (non-hydrogen) atoms. The minimum Gasteiger partial charge on any atom is -0.381 e. The van der Waals surface area contributed by atoms with Gasteiger partial charge in [0.15, 0.2) is 0 Å². The van der Waals surface area contributed by atoms with Crippen molar-refractivity contribution in [1.82, 2.24) is 0 Å². The number of hydrogen-bond acceptors (Lipinski definition) is 2. The zero-order valence-electron chi connectivity index (χ0n) is 8.22. The van der Waals surface area contributed by atoms with Crippen molar-refractivity contribution in [1.29, 1.82) is 0 Å². The van der Waals surface area contributed by atoms with Gasteiger partial charge in [0.05, 0.1) is 0 Å². The first-order chi connectivity index (χ1) is 6.75. The standard InChI is InChI=1S/C11H14BrNS/c1-8-2-3-10(12)11(6-8)13-9-4-5-14-7-9/h2-3,6,9,13H,4-5,7H2,1H3/t9-/m0/s1. The third kappa shape index (κ3) is 2.45. The summed E-state index contributed by atoms with van der Waals surface area (Å²) >= 11 is 5.60. The van der Waals surface area contributed by atoms with Crippen molar-refractivity contribution < 1.29 is 0 Å².